The van der Waals surface area contributed by atoms with Gasteiger partial charge in [0.15, 0.2) is 0 Å². The molecule has 4 heteroatoms. The Morgan fingerprint density at radius 2 is 1.62 bits per heavy atom. The molecule has 1 rings (SSSR count). The van der Waals surface area contributed by atoms with Crippen molar-refractivity contribution in [2.75, 3.05) is 20.1 Å². The number of nitrogens with one attached hydrogen (secondary N) is 1. The van der Waals surface area contributed by atoms with E-state index in [0.717, 1.165) is 25.9 Å². The minimum absolute atomic E-state index is 0.0788. The van der Waals surface area contributed by atoms with Crippen molar-refractivity contribution in [3.05, 3.63) is 33.8 Å². The molecule has 1 atom stereocenters. The third-order valence-corrected chi connectivity index (χ3v) is 5.46. The monoisotopic (exact) mass is 330 g/mol. The Balaban J connectivity index is 3.33. The van der Waals surface area contributed by atoms with Crippen LogP contribution in [0.3, 0.4) is 0 Å². The second kappa shape index (κ2) is 8.38. The summed E-state index contributed by atoms with van der Waals surface area (Å²) in [5, 5.41) is 4.74. The fourth-order valence-corrected chi connectivity index (χ4v) is 3.89. The molecule has 120 valence electrons. The number of hydrogen-bond acceptors (Lipinski definition) is 2. The van der Waals surface area contributed by atoms with Crippen molar-refractivity contribution in [2.45, 2.75) is 52.1 Å². The minimum Gasteiger partial charge on any atom is -0.311 e. The molecule has 1 N–H and O–H groups in total. The Hall–Kier alpha value is -0.280. The average Bonchev–Trinajstić information content (AvgIpc) is 2.50. The number of nitrogens with zero attached hydrogens (tertiary/aromatic N) is 1. The third-order valence-electron chi connectivity index (χ3n) is 4.72. The van der Waals surface area contributed by atoms with E-state index in [4.69, 9.17) is 23.2 Å². The minimum atomic E-state index is 0.0788. The van der Waals surface area contributed by atoms with Crippen LogP contribution in [0, 0.1) is 0 Å². The zero-order valence-electron chi connectivity index (χ0n) is 13.8. The number of benzene rings is 1. The molecule has 0 amide bonds. The summed E-state index contributed by atoms with van der Waals surface area (Å²) in [6, 6.07) is 6.19. The van der Waals surface area contributed by atoms with Crippen LogP contribution >= 0.6 is 23.2 Å². The van der Waals surface area contributed by atoms with Crippen molar-refractivity contribution >= 4 is 23.2 Å². The Labute approximate surface area is 139 Å². The zero-order valence-corrected chi connectivity index (χ0v) is 15.4. The molecule has 2 nitrogen and oxygen atoms in total. The van der Waals surface area contributed by atoms with E-state index in [1.165, 1.54) is 5.56 Å². The first-order valence-corrected chi connectivity index (χ1v) is 8.63. The normalized spacial score (nSPS) is 13.7. The summed E-state index contributed by atoms with van der Waals surface area (Å²) in [6.07, 6.45) is 2.16. The number of likely N-dealkylation sites (N-methyl/N-ethyl adjacent to an activating group) is 2. The van der Waals surface area contributed by atoms with Crippen LogP contribution in [0.4, 0.5) is 0 Å². The highest BCUT2D eigenvalue weighted by Gasteiger charge is 2.40. The molecule has 0 spiro atoms. The maximum atomic E-state index is 6.23. The first-order valence-electron chi connectivity index (χ1n) is 7.87. The van der Waals surface area contributed by atoms with E-state index >= 15 is 0 Å². The predicted octanol–water partition coefficient (Wildman–Crippen LogP) is 5.15. The van der Waals surface area contributed by atoms with Crippen molar-refractivity contribution < 1.29 is 0 Å². The van der Waals surface area contributed by atoms with Gasteiger partial charge in [-0.15, -0.1) is 0 Å². The molecule has 1 aromatic carbocycles. The lowest BCUT2D eigenvalue weighted by Crippen LogP contribution is -2.55. The topological polar surface area (TPSA) is 15.3 Å². The van der Waals surface area contributed by atoms with E-state index in [9.17, 15) is 0 Å². The van der Waals surface area contributed by atoms with Crippen LogP contribution in [0.2, 0.25) is 10.0 Å². The molecule has 1 unspecified atom stereocenters. The summed E-state index contributed by atoms with van der Waals surface area (Å²) in [6.45, 7) is 11.1. The summed E-state index contributed by atoms with van der Waals surface area (Å²) in [7, 11) is 2.02. The lowest BCUT2D eigenvalue weighted by molar-refractivity contribution is 0.0515. The lowest BCUT2D eigenvalue weighted by atomic mass is 9.79. The maximum Gasteiger partial charge on any atom is 0.0595 e. The molecular weight excluding hydrogens is 303 g/mol. The van der Waals surface area contributed by atoms with Gasteiger partial charge in [-0.2, -0.15) is 0 Å². The third kappa shape index (κ3) is 3.73. The lowest BCUT2D eigenvalue weighted by Gasteiger charge is -2.48. The van der Waals surface area contributed by atoms with Crippen LogP contribution in [0.5, 0.6) is 0 Å². The highest BCUT2D eigenvalue weighted by atomic mass is 35.5. The largest absolute Gasteiger partial charge is 0.311 e. The van der Waals surface area contributed by atoms with Crippen molar-refractivity contribution in [1.29, 1.82) is 0 Å². The fourth-order valence-electron chi connectivity index (χ4n) is 3.58. The van der Waals surface area contributed by atoms with Gasteiger partial charge in [0.05, 0.1) is 16.1 Å². The van der Waals surface area contributed by atoms with E-state index < -0.39 is 0 Å². The molecule has 0 saturated heterocycles. The smallest absolute Gasteiger partial charge is 0.0595 e. The van der Waals surface area contributed by atoms with Crippen LogP contribution in [0.15, 0.2) is 18.2 Å². The van der Waals surface area contributed by atoms with Crippen LogP contribution in [0.1, 0.15) is 52.1 Å². The summed E-state index contributed by atoms with van der Waals surface area (Å²) in [5.41, 5.74) is 1.28. The zero-order chi connectivity index (χ0) is 16.0. The second-order valence-corrected chi connectivity index (χ2v) is 6.19. The number of halogens is 2. The molecule has 0 aliphatic heterocycles. The standard InChI is InChI=1S/C17H28Cl2N2/c1-6-17(7-2,21(8-3)9-4)16(20-5)13-10-11-14(18)15(19)12-13/h10-12,16,20H,6-9H2,1-5H3. The Morgan fingerprint density at radius 1 is 1.05 bits per heavy atom. The summed E-state index contributed by atoms with van der Waals surface area (Å²) >= 11 is 12.3. The van der Waals surface area contributed by atoms with Gasteiger partial charge in [0.1, 0.15) is 0 Å². The van der Waals surface area contributed by atoms with Gasteiger partial charge in [-0.25, -0.2) is 0 Å². The molecule has 0 aliphatic carbocycles. The number of hydrogen-bond donors (Lipinski definition) is 1. The first kappa shape index (κ1) is 18.8. The van der Waals surface area contributed by atoms with E-state index in [1.54, 1.807) is 0 Å². The highest BCUT2D eigenvalue weighted by molar-refractivity contribution is 6.42. The van der Waals surface area contributed by atoms with Crippen LogP contribution < -0.4 is 5.32 Å². The van der Waals surface area contributed by atoms with Gasteiger partial charge < -0.3 is 5.32 Å². The molecular formula is C17H28Cl2N2. The molecule has 0 bridgehead atoms. The van der Waals surface area contributed by atoms with E-state index in [2.05, 4.69) is 44.0 Å². The molecule has 21 heavy (non-hydrogen) atoms. The fraction of sp³-hybridized carbons (Fsp3) is 0.647. The predicted molar refractivity (Wildman–Crippen MR) is 94.5 cm³/mol. The molecule has 0 saturated carbocycles. The quantitative estimate of drug-likeness (QED) is 0.708. The van der Waals surface area contributed by atoms with E-state index in [-0.39, 0.29) is 11.6 Å². The summed E-state index contributed by atoms with van der Waals surface area (Å²) in [4.78, 5) is 2.55. The maximum absolute atomic E-state index is 6.23. The van der Waals surface area contributed by atoms with Gasteiger partial charge in [-0.05, 0) is 50.7 Å². The average molecular weight is 331 g/mol. The summed E-state index contributed by atoms with van der Waals surface area (Å²) in [5.74, 6) is 0. The highest BCUT2D eigenvalue weighted by Crippen LogP contribution is 2.38. The van der Waals surface area contributed by atoms with Crippen LogP contribution in [0.25, 0.3) is 0 Å². The van der Waals surface area contributed by atoms with Gasteiger partial charge in [-0.3, -0.25) is 4.90 Å². The van der Waals surface area contributed by atoms with E-state index in [0.29, 0.717) is 10.0 Å². The van der Waals surface area contributed by atoms with Crippen molar-refractivity contribution in [3.63, 3.8) is 0 Å². The molecule has 0 fully saturated rings. The van der Waals surface area contributed by atoms with Crippen LogP contribution in [-0.4, -0.2) is 30.6 Å². The van der Waals surface area contributed by atoms with Crippen molar-refractivity contribution in [2.24, 2.45) is 0 Å². The number of rotatable bonds is 8. The Bertz CT molecular complexity index is 440. The van der Waals surface area contributed by atoms with Crippen LogP contribution in [-0.2, 0) is 0 Å². The molecule has 0 radical (unpaired) electrons. The Kier molecular flexibility index (Phi) is 7.49. The molecule has 1 aromatic rings. The van der Waals surface area contributed by atoms with Crippen molar-refractivity contribution in [3.8, 4) is 0 Å². The molecule has 0 heterocycles. The second-order valence-electron chi connectivity index (χ2n) is 5.38. The van der Waals surface area contributed by atoms with Gasteiger partial charge in [0.2, 0.25) is 0 Å². The molecule has 0 aromatic heterocycles. The SMILES string of the molecule is CCN(CC)C(CC)(CC)C(NC)c1ccc(Cl)c(Cl)c1. The molecule has 0 aliphatic rings. The Morgan fingerprint density at radius 3 is 2.00 bits per heavy atom. The first-order chi connectivity index (χ1) is 10.00. The van der Waals surface area contributed by atoms with Gasteiger partial charge in [0.25, 0.3) is 0 Å². The van der Waals surface area contributed by atoms with Gasteiger partial charge in [-0.1, -0.05) is 57.0 Å². The van der Waals surface area contributed by atoms with Crippen molar-refractivity contribution in [1.82, 2.24) is 10.2 Å². The van der Waals surface area contributed by atoms with E-state index in [1.807, 2.05) is 19.2 Å². The van der Waals surface area contributed by atoms with Gasteiger partial charge in [0, 0.05) is 5.54 Å². The van der Waals surface area contributed by atoms with Gasteiger partial charge >= 0.3 is 0 Å². The summed E-state index contributed by atoms with van der Waals surface area (Å²) < 4.78 is 0.